The highest BCUT2D eigenvalue weighted by atomic mass is 79.9. The molecule has 0 bridgehead atoms. The van der Waals surface area contributed by atoms with Crippen LogP contribution in [0.1, 0.15) is 6.42 Å². The van der Waals surface area contributed by atoms with E-state index < -0.39 is 27.5 Å². The fraction of sp³-hybridized carbons (Fsp3) is 0.333. The molecular weight excluding hydrogens is 362 g/mol. The number of hydrogen-bond acceptors (Lipinski definition) is 4. The second-order valence-electron chi connectivity index (χ2n) is 5.01. The molecule has 1 unspecified atom stereocenters. The Bertz CT molecular complexity index is 736. The molecule has 2 saturated heterocycles. The first-order valence-corrected chi connectivity index (χ1v) is 8.47. The quantitative estimate of drug-likeness (QED) is 0.734. The SMILES string of the molecule is O=C1NC(=O)C2(CCN(S(=O)(=O)c3ccccc3Br)C2)N1. The average Bonchev–Trinajstić information content (AvgIpc) is 2.95. The summed E-state index contributed by atoms with van der Waals surface area (Å²) in [6.45, 7) is 0.117. The third-order valence-corrected chi connectivity index (χ3v) is 6.56. The number of amides is 3. The predicted octanol–water partition coefficient (Wildman–Crippen LogP) is 0.422. The molecule has 21 heavy (non-hydrogen) atoms. The zero-order valence-electron chi connectivity index (χ0n) is 10.8. The topological polar surface area (TPSA) is 95.6 Å². The minimum atomic E-state index is -3.72. The standard InChI is InChI=1S/C12H12BrN3O4S/c13-8-3-1-2-4-9(8)21(19,20)16-6-5-12(7-16)10(17)14-11(18)15-12/h1-4H,5-7H2,(H2,14,15,17,18). The third-order valence-electron chi connectivity index (χ3n) is 3.70. The molecule has 2 fully saturated rings. The number of carbonyl (C=O) groups is 2. The lowest BCUT2D eigenvalue weighted by Crippen LogP contribution is -2.49. The predicted molar refractivity (Wildman–Crippen MR) is 76.9 cm³/mol. The van der Waals surface area contributed by atoms with Crippen LogP contribution in [0.25, 0.3) is 0 Å². The lowest BCUT2D eigenvalue weighted by Gasteiger charge is -2.21. The first-order chi connectivity index (χ1) is 9.85. The van der Waals surface area contributed by atoms with Gasteiger partial charge in [0.25, 0.3) is 5.91 Å². The van der Waals surface area contributed by atoms with Crippen LogP contribution in [-0.4, -0.2) is 43.3 Å². The normalized spacial score (nSPS) is 26.1. The Hall–Kier alpha value is -1.45. The van der Waals surface area contributed by atoms with Crippen molar-refractivity contribution in [3.8, 4) is 0 Å². The summed E-state index contributed by atoms with van der Waals surface area (Å²) in [5.41, 5.74) is -1.15. The van der Waals surface area contributed by atoms with Gasteiger partial charge in [-0.25, -0.2) is 13.2 Å². The van der Waals surface area contributed by atoms with Gasteiger partial charge in [0.05, 0.1) is 4.90 Å². The van der Waals surface area contributed by atoms with Crippen LogP contribution in [0.2, 0.25) is 0 Å². The van der Waals surface area contributed by atoms with Gasteiger partial charge in [-0.15, -0.1) is 0 Å². The van der Waals surface area contributed by atoms with E-state index in [1.54, 1.807) is 18.2 Å². The van der Waals surface area contributed by atoms with Gasteiger partial charge < -0.3 is 5.32 Å². The summed E-state index contributed by atoms with van der Waals surface area (Å²) in [6, 6.07) is 5.91. The summed E-state index contributed by atoms with van der Waals surface area (Å²) in [7, 11) is -3.72. The number of hydrogen-bond donors (Lipinski definition) is 2. The molecule has 1 atom stereocenters. The van der Waals surface area contributed by atoms with Crippen LogP contribution in [0.4, 0.5) is 4.79 Å². The number of rotatable bonds is 2. The molecule has 1 aromatic rings. The highest BCUT2D eigenvalue weighted by molar-refractivity contribution is 9.10. The van der Waals surface area contributed by atoms with Gasteiger partial charge in [-0.3, -0.25) is 10.1 Å². The molecule has 112 valence electrons. The van der Waals surface area contributed by atoms with E-state index in [2.05, 4.69) is 26.6 Å². The first kappa shape index (κ1) is 14.5. The van der Waals surface area contributed by atoms with Crippen molar-refractivity contribution in [2.45, 2.75) is 16.9 Å². The van der Waals surface area contributed by atoms with Gasteiger partial charge in [-0.2, -0.15) is 4.31 Å². The van der Waals surface area contributed by atoms with Crippen molar-refractivity contribution in [3.63, 3.8) is 0 Å². The molecule has 2 aliphatic rings. The second-order valence-corrected chi connectivity index (χ2v) is 7.77. The van der Waals surface area contributed by atoms with Crippen molar-refractivity contribution in [1.82, 2.24) is 14.9 Å². The summed E-state index contributed by atoms with van der Waals surface area (Å²) < 4.78 is 27.0. The Morgan fingerprint density at radius 1 is 1.24 bits per heavy atom. The molecule has 3 rings (SSSR count). The average molecular weight is 374 g/mol. The van der Waals surface area contributed by atoms with Gasteiger partial charge in [-0.1, -0.05) is 12.1 Å². The Kier molecular flexibility index (Phi) is 3.30. The Morgan fingerprint density at radius 3 is 2.57 bits per heavy atom. The Morgan fingerprint density at radius 2 is 1.95 bits per heavy atom. The number of imide groups is 1. The summed E-state index contributed by atoms with van der Waals surface area (Å²) in [5.74, 6) is -0.475. The lowest BCUT2D eigenvalue weighted by atomic mass is 10.00. The summed E-state index contributed by atoms with van der Waals surface area (Å²) in [6.07, 6.45) is 0.258. The van der Waals surface area contributed by atoms with Crippen LogP contribution in [0.15, 0.2) is 33.6 Å². The molecule has 7 nitrogen and oxygen atoms in total. The largest absolute Gasteiger partial charge is 0.322 e. The summed E-state index contributed by atoms with van der Waals surface area (Å²) >= 11 is 3.22. The minimum Gasteiger partial charge on any atom is -0.322 e. The second kappa shape index (κ2) is 4.79. The van der Waals surface area contributed by atoms with Crippen LogP contribution in [0, 0.1) is 0 Å². The molecule has 3 amide bonds. The van der Waals surface area contributed by atoms with E-state index in [1.807, 2.05) is 0 Å². The maximum absolute atomic E-state index is 12.6. The molecule has 0 radical (unpaired) electrons. The Balaban J connectivity index is 1.92. The molecule has 2 heterocycles. The highest BCUT2D eigenvalue weighted by Crippen LogP contribution is 2.31. The van der Waals surface area contributed by atoms with Crippen LogP contribution >= 0.6 is 15.9 Å². The molecule has 0 aliphatic carbocycles. The lowest BCUT2D eigenvalue weighted by molar-refractivity contribution is -0.123. The van der Waals surface area contributed by atoms with E-state index in [4.69, 9.17) is 0 Å². The van der Waals surface area contributed by atoms with E-state index in [0.29, 0.717) is 4.47 Å². The number of halogens is 1. The van der Waals surface area contributed by atoms with E-state index >= 15 is 0 Å². The molecule has 1 aromatic carbocycles. The zero-order valence-corrected chi connectivity index (χ0v) is 13.2. The number of urea groups is 1. The van der Waals surface area contributed by atoms with Crippen molar-refractivity contribution < 1.29 is 18.0 Å². The molecule has 0 aromatic heterocycles. The van der Waals surface area contributed by atoms with Gasteiger partial charge >= 0.3 is 6.03 Å². The minimum absolute atomic E-state index is 0.0613. The molecule has 2 N–H and O–H groups in total. The smallest absolute Gasteiger partial charge is 0.322 e. The number of nitrogens with zero attached hydrogens (tertiary/aromatic N) is 1. The van der Waals surface area contributed by atoms with Crippen molar-refractivity contribution in [3.05, 3.63) is 28.7 Å². The van der Waals surface area contributed by atoms with Crippen LogP contribution in [-0.2, 0) is 14.8 Å². The zero-order chi connectivity index (χ0) is 15.3. The molecular formula is C12H12BrN3O4S. The third kappa shape index (κ3) is 2.25. The maximum atomic E-state index is 12.6. The number of carbonyl (C=O) groups excluding carboxylic acids is 2. The first-order valence-electron chi connectivity index (χ1n) is 6.23. The van der Waals surface area contributed by atoms with Crippen LogP contribution < -0.4 is 10.6 Å². The maximum Gasteiger partial charge on any atom is 0.322 e. The van der Waals surface area contributed by atoms with Crippen molar-refractivity contribution in [2.24, 2.45) is 0 Å². The fourth-order valence-electron chi connectivity index (χ4n) is 2.59. The van der Waals surface area contributed by atoms with E-state index in [0.717, 1.165) is 0 Å². The molecule has 9 heteroatoms. The van der Waals surface area contributed by atoms with Crippen LogP contribution in [0.3, 0.4) is 0 Å². The fourth-order valence-corrected chi connectivity index (χ4v) is 5.05. The van der Waals surface area contributed by atoms with Crippen molar-refractivity contribution in [2.75, 3.05) is 13.1 Å². The van der Waals surface area contributed by atoms with Gasteiger partial charge in [0, 0.05) is 17.6 Å². The van der Waals surface area contributed by atoms with Gasteiger partial charge in [0.1, 0.15) is 5.54 Å². The molecule has 1 spiro atoms. The highest BCUT2D eigenvalue weighted by Gasteiger charge is 2.53. The molecule has 2 aliphatic heterocycles. The van der Waals surface area contributed by atoms with Gasteiger partial charge in [0.2, 0.25) is 10.0 Å². The van der Waals surface area contributed by atoms with E-state index in [1.165, 1.54) is 10.4 Å². The number of benzene rings is 1. The van der Waals surface area contributed by atoms with Crippen LogP contribution in [0.5, 0.6) is 0 Å². The summed E-state index contributed by atoms with van der Waals surface area (Å²) in [5, 5.41) is 4.68. The monoisotopic (exact) mass is 373 g/mol. The summed E-state index contributed by atoms with van der Waals surface area (Å²) in [4.78, 5) is 23.3. The van der Waals surface area contributed by atoms with E-state index in [-0.39, 0.29) is 24.4 Å². The van der Waals surface area contributed by atoms with Crippen molar-refractivity contribution >= 4 is 37.9 Å². The van der Waals surface area contributed by atoms with Crippen molar-refractivity contribution in [1.29, 1.82) is 0 Å². The number of nitrogens with one attached hydrogen (secondary N) is 2. The Labute approximate surface area is 129 Å². The molecule has 0 saturated carbocycles. The number of sulfonamides is 1. The van der Waals surface area contributed by atoms with Gasteiger partial charge in [-0.05, 0) is 34.5 Å². The van der Waals surface area contributed by atoms with Gasteiger partial charge in [0.15, 0.2) is 0 Å². The van der Waals surface area contributed by atoms with E-state index in [9.17, 15) is 18.0 Å².